The third-order valence-corrected chi connectivity index (χ3v) is 8.66. The van der Waals surface area contributed by atoms with Crippen LogP contribution in [0.25, 0.3) is 0 Å². The number of carbonyl (C=O) groups is 1. The van der Waals surface area contributed by atoms with Crippen molar-refractivity contribution in [1.82, 2.24) is 10.2 Å². The Morgan fingerprint density at radius 2 is 1.88 bits per heavy atom. The van der Waals surface area contributed by atoms with Crippen LogP contribution in [0.4, 0.5) is 5.69 Å². The van der Waals surface area contributed by atoms with Gasteiger partial charge in [0.15, 0.2) is 0 Å². The number of piperidine rings is 1. The van der Waals surface area contributed by atoms with Crippen LogP contribution in [-0.4, -0.2) is 51.4 Å². The summed E-state index contributed by atoms with van der Waals surface area (Å²) in [6.07, 6.45) is 7.51. The highest BCUT2D eigenvalue weighted by Gasteiger charge is 2.29. The Morgan fingerprint density at radius 3 is 2.73 bits per heavy atom. The van der Waals surface area contributed by atoms with Gasteiger partial charge in [-0.05, 0) is 88.4 Å². The van der Waals surface area contributed by atoms with Crippen LogP contribution >= 0.6 is 0 Å². The monoisotopic (exact) mass is 469 g/mol. The van der Waals surface area contributed by atoms with Crippen LogP contribution in [0.1, 0.15) is 61.4 Å². The molecule has 1 amide bonds. The van der Waals surface area contributed by atoms with Crippen molar-refractivity contribution in [3.63, 3.8) is 0 Å². The molecule has 0 bridgehead atoms. The summed E-state index contributed by atoms with van der Waals surface area (Å²) in [5, 5.41) is 2.96. The van der Waals surface area contributed by atoms with E-state index in [0.717, 1.165) is 43.5 Å². The van der Waals surface area contributed by atoms with E-state index in [1.807, 2.05) is 24.3 Å². The Morgan fingerprint density at radius 1 is 1.03 bits per heavy atom. The molecule has 178 valence electrons. The van der Waals surface area contributed by atoms with Crippen molar-refractivity contribution in [2.45, 2.75) is 62.8 Å². The topological polar surface area (TPSA) is 69.7 Å². The largest absolute Gasteiger partial charge is 0.352 e. The molecule has 1 N–H and O–H groups in total. The highest BCUT2D eigenvalue weighted by atomic mass is 32.2. The molecule has 1 unspecified atom stereocenters. The quantitative estimate of drug-likeness (QED) is 0.588. The summed E-state index contributed by atoms with van der Waals surface area (Å²) in [6, 6.07) is 14.7. The zero-order valence-corrected chi connectivity index (χ0v) is 20.3. The number of rotatable bonds is 8. The van der Waals surface area contributed by atoms with E-state index in [1.165, 1.54) is 36.2 Å². The molecule has 2 aliphatic heterocycles. The van der Waals surface area contributed by atoms with Crippen LogP contribution in [0, 0.1) is 0 Å². The van der Waals surface area contributed by atoms with Gasteiger partial charge in [0, 0.05) is 24.7 Å². The Hall–Kier alpha value is -2.38. The van der Waals surface area contributed by atoms with E-state index in [0.29, 0.717) is 24.7 Å². The van der Waals surface area contributed by atoms with Crippen molar-refractivity contribution in [3.05, 3.63) is 59.7 Å². The number of aryl methyl sites for hydroxylation is 1. The van der Waals surface area contributed by atoms with E-state index in [1.54, 1.807) is 18.2 Å². The summed E-state index contributed by atoms with van der Waals surface area (Å²) in [5.74, 6) is -0.225. The van der Waals surface area contributed by atoms with Crippen molar-refractivity contribution in [2.24, 2.45) is 0 Å². The van der Waals surface area contributed by atoms with Gasteiger partial charge < -0.3 is 10.2 Å². The van der Waals surface area contributed by atoms with Crippen LogP contribution < -0.4 is 9.62 Å². The highest BCUT2D eigenvalue weighted by Crippen LogP contribution is 2.32. The fraction of sp³-hybridized carbons (Fsp3) is 0.500. The van der Waals surface area contributed by atoms with E-state index in [4.69, 9.17) is 0 Å². The van der Waals surface area contributed by atoms with Gasteiger partial charge in [-0.3, -0.25) is 9.10 Å². The number of anilines is 1. The van der Waals surface area contributed by atoms with Gasteiger partial charge >= 0.3 is 0 Å². The lowest BCUT2D eigenvalue weighted by atomic mass is 10.0. The molecule has 2 aliphatic rings. The van der Waals surface area contributed by atoms with Crippen LogP contribution in [0.2, 0.25) is 0 Å². The number of benzene rings is 2. The van der Waals surface area contributed by atoms with Gasteiger partial charge in [0.25, 0.3) is 15.9 Å². The second-order valence-electron chi connectivity index (χ2n) is 9.18. The van der Waals surface area contributed by atoms with Gasteiger partial charge in [0.1, 0.15) is 0 Å². The molecular weight excluding hydrogens is 434 g/mol. The number of amides is 1. The molecule has 0 saturated carbocycles. The van der Waals surface area contributed by atoms with Gasteiger partial charge in [-0.15, -0.1) is 0 Å². The minimum absolute atomic E-state index is 0.158. The maximum absolute atomic E-state index is 13.4. The van der Waals surface area contributed by atoms with Gasteiger partial charge in [0.05, 0.1) is 10.6 Å². The molecule has 2 aromatic rings. The maximum Gasteiger partial charge on any atom is 0.264 e. The normalized spacial score (nSPS) is 19.2. The Kier molecular flexibility index (Phi) is 7.71. The van der Waals surface area contributed by atoms with Crippen molar-refractivity contribution in [2.75, 3.05) is 30.5 Å². The first kappa shape index (κ1) is 23.8. The Labute approximate surface area is 198 Å². The minimum atomic E-state index is -3.73. The third-order valence-electron chi connectivity index (χ3n) is 6.85. The number of para-hydroxylation sites is 1. The number of unbranched alkanes of at least 4 members (excludes halogenated alkanes) is 1. The van der Waals surface area contributed by atoms with E-state index >= 15 is 0 Å². The van der Waals surface area contributed by atoms with Crippen molar-refractivity contribution in [3.8, 4) is 0 Å². The predicted octanol–water partition coefficient (Wildman–Crippen LogP) is 4.21. The zero-order valence-electron chi connectivity index (χ0n) is 19.5. The van der Waals surface area contributed by atoms with Crippen LogP contribution in [0.5, 0.6) is 0 Å². The zero-order chi connectivity index (χ0) is 23.3. The third kappa shape index (κ3) is 5.58. The molecule has 33 heavy (non-hydrogen) atoms. The predicted molar refractivity (Wildman–Crippen MR) is 132 cm³/mol. The molecule has 1 atom stereocenters. The average Bonchev–Trinajstić information content (AvgIpc) is 2.84. The molecule has 0 spiro atoms. The van der Waals surface area contributed by atoms with Crippen LogP contribution in [-0.2, 0) is 16.4 Å². The molecular formula is C26H35N3O3S. The number of nitrogens with one attached hydrogen (secondary N) is 1. The first-order valence-electron chi connectivity index (χ1n) is 12.2. The fourth-order valence-corrected chi connectivity index (χ4v) is 6.49. The first-order valence-corrected chi connectivity index (χ1v) is 13.6. The summed E-state index contributed by atoms with van der Waals surface area (Å²) in [7, 11) is -3.73. The number of hydrogen-bond acceptors (Lipinski definition) is 4. The van der Waals surface area contributed by atoms with Gasteiger partial charge in [0.2, 0.25) is 0 Å². The second-order valence-corrected chi connectivity index (χ2v) is 11.0. The number of carbonyl (C=O) groups excluding carboxylic acids is 1. The van der Waals surface area contributed by atoms with E-state index < -0.39 is 10.0 Å². The van der Waals surface area contributed by atoms with Crippen LogP contribution in [0.15, 0.2) is 53.4 Å². The fourth-order valence-electron chi connectivity index (χ4n) is 4.91. The average molecular weight is 470 g/mol. The number of fused-ring (bicyclic) bond motifs is 1. The van der Waals surface area contributed by atoms with Gasteiger partial charge in [-0.1, -0.05) is 30.7 Å². The first-order chi connectivity index (χ1) is 16.0. The lowest BCUT2D eigenvalue weighted by Crippen LogP contribution is -2.38. The molecule has 2 heterocycles. The smallest absolute Gasteiger partial charge is 0.264 e. The summed E-state index contributed by atoms with van der Waals surface area (Å²) in [4.78, 5) is 15.4. The number of hydrogen-bond donors (Lipinski definition) is 1. The maximum atomic E-state index is 13.4. The molecule has 0 aromatic heterocycles. The van der Waals surface area contributed by atoms with E-state index in [2.05, 4.69) is 17.1 Å². The van der Waals surface area contributed by atoms with Crippen molar-refractivity contribution < 1.29 is 13.2 Å². The lowest BCUT2D eigenvalue weighted by molar-refractivity contribution is 0.0951. The Bertz CT molecular complexity index is 1070. The molecule has 2 aromatic carbocycles. The highest BCUT2D eigenvalue weighted by molar-refractivity contribution is 7.92. The minimum Gasteiger partial charge on any atom is -0.352 e. The summed E-state index contributed by atoms with van der Waals surface area (Å²) < 4.78 is 28.3. The summed E-state index contributed by atoms with van der Waals surface area (Å²) in [6.45, 7) is 5.59. The second kappa shape index (κ2) is 10.7. The molecule has 1 fully saturated rings. The van der Waals surface area contributed by atoms with E-state index in [-0.39, 0.29) is 10.8 Å². The van der Waals surface area contributed by atoms with Crippen molar-refractivity contribution >= 4 is 21.6 Å². The van der Waals surface area contributed by atoms with Crippen LogP contribution in [0.3, 0.4) is 0 Å². The van der Waals surface area contributed by atoms with Gasteiger partial charge in [-0.25, -0.2) is 8.42 Å². The molecule has 4 rings (SSSR count). The SMILES string of the molecule is CC1CCCCN1CCCCNC(=O)c1cccc(S(=O)(=O)N2CCCc3ccccc32)c1. The molecule has 7 heteroatoms. The molecule has 1 saturated heterocycles. The van der Waals surface area contributed by atoms with Gasteiger partial charge in [-0.2, -0.15) is 0 Å². The number of nitrogens with zero attached hydrogens (tertiary/aromatic N) is 2. The number of sulfonamides is 1. The Balaban J connectivity index is 1.35. The summed E-state index contributed by atoms with van der Waals surface area (Å²) >= 11 is 0. The summed E-state index contributed by atoms with van der Waals surface area (Å²) in [5.41, 5.74) is 2.16. The molecule has 6 nitrogen and oxygen atoms in total. The standard InChI is InChI=1S/C26H35N3O3S/c1-21-10-4-6-17-28(21)18-7-5-16-27-26(30)23-12-8-14-24(20-23)33(31,32)29-19-9-13-22-11-2-3-15-25(22)29/h2-3,8,11-12,14-15,20-21H,4-7,9-10,13,16-19H2,1H3,(H,27,30). The van der Waals surface area contributed by atoms with E-state index in [9.17, 15) is 13.2 Å². The number of likely N-dealkylation sites (tertiary alicyclic amines) is 1. The lowest BCUT2D eigenvalue weighted by Gasteiger charge is -2.33. The molecule has 0 aliphatic carbocycles. The molecule has 0 radical (unpaired) electrons. The van der Waals surface area contributed by atoms with Crippen molar-refractivity contribution in [1.29, 1.82) is 0 Å².